The number of halogens is 3. The molecule has 0 bridgehead atoms. The van der Waals surface area contributed by atoms with Crippen molar-refractivity contribution in [2.45, 2.75) is 69.4 Å². The molecule has 1 aliphatic heterocycles. The summed E-state index contributed by atoms with van der Waals surface area (Å²) in [4.78, 5) is 43.0. The van der Waals surface area contributed by atoms with Gasteiger partial charge in [-0.25, -0.2) is 4.39 Å². The molecule has 1 saturated heterocycles. The summed E-state index contributed by atoms with van der Waals surface area (Å²) in [7, 11) is 1.95. The quantitative estimate of drug-likeness (QED) is 0.359. The van der Waals surface area contributed by atoms with Gasteiger partial charge in [0.25, 0.3) is 11.8 Å². The zero-order chi connectivity index (χ0) is 32.7. The number of aliphatic hydroxyl groups is 1. The van der Waals surface area contributed by atoms with Gasteiger partial charge in [-0.3, -0.25) is 14.4 Å². The van der Waals surface area contributed by atoms with Crippen molar-refractivity contribution in [3.63, 3.8) is 0 Å². The summed E-state index contributed by atoms with van der Waals surface area (Å²) >= 11 is 0. The first-order chi connectivity index (χ1) is 21.4. The summed E-state index contributed by atoms with van der Waals surface area (Å²) in [6.07, 6.45) is 2.97. The number of alkyl halides is 2. The number of benzene rings is 2. The number of carbonyl (C=O) groups is 3. The molecule has 242 valence electrons. The maximum atomic E-state index is 15.3. The number of piperazine rings is 1. The van der Waals surface area contributed by atoms with Crippen molar-refractivity contribution in [1.29, 1.82) is 5.26 Å². The van der Waals surface area contributed by atoms with Crippen LogP contribution in [-0.4, -0.2) is 78.0 Å². The van der Waals surface area contributed by atoms with Crippen LogP contribution in [0, 0.1) is 23.1 Å². The van der Waals surface area contributed by atoms with E-state index >= 15 is 13.2 Å². The molecule has 4 rings (SSSR count). The Morgan fingerprint density at radius 3 is 2.31 bits per heavy atom. The van der Waals surface area contributed by atoms with Gasteiger partial charge in [-0.1, -0.05) is 50.8 Å². The number of anilines is 1. The van der Waals surface area contributed by atoms with Crippen LogP contribution in [0.2, 0.25) is 0 Å². The summed E-state index contributed by atoms with van der Waals surface area (Å²) in [6.45, 7) is 3.94. The number of hydrogen-bond acceptors (Lipinski definition) is 6. The highest BCUT2D eigenvalue weighted by atomic mass is 19.3. The minimum atomic E-state index is -4.03. The predicted molar refractivity (Wildman–Crippen MR) is 162 cm³/mol. The lowest BCUT2D eigenvalue weighted by molar-refractivity contribution is -0.149. The number of rotatable bonds is 9. The molecule has 2 aromatic carbocycles. The second-order valence-corrected chi connectivity index (χ2v) is 12.1. The molecule has 1 aliphatic carbocycles. The Hall–Kier alpha value is -3.95. The first-order valence-electron chi connectivity index (χ1n) is 15.4. The topological polar surface area (TPSA) is 126 Å². The maximum Gasteiger partial charge on any atom is 0.349 e. The monoisotopic (exact) mass is 627 g/mol. The van der Waals surface area contributed by atoms with E-state index in [4.69, 9.17) is 5.26 Å². The number of amides is 3. The van der Waals surface area contributed by atoms with Gasteiger partial charge in [0.05, 0.1) is 17.3 Å². The van der Waals surface area contributed by atoms with Gasteiger partial charge in [-0.2, -0.15) is 14.0 Å². The number of aliphatic hydroxyl groups excluding tert-OH is 1. The van der Waals surface area contributed by atoms with Gasteiger partial charge in [0.15, 0.2) is 0 Å². The summed E-state index contributed by atoms with van der Waals surface area (Å²) < 4.78 is 45.8. The maximum absolute atomic E-state index is 15.3. The average Bonchev–Trinajstić information content (AvgIpc) is 3.33. The van der Waals surface area contributed by atoms with Crippen LogP contribution in [0.5, 0.6) is 0 Å². The Labute approximate surface area is 261 Å². The smallest absolute Gasteiger partial charge is 0.349 e. The third kappa shape index (κ3) is 8.21. The molecule has 3 N–H and O–H groups in total. The molecule has 9 nitrogen and oxygen atoms in total. The normalized spacial score (nSPS) is 18.6. The van der Waals surface area contributed by atoms with Gasteiger partial charge in [0.2, 0.25) is 5.91 Å². The number of nitriles is 1. The number of likely N-dealkylation sites (N-methyl/N-ethyl adjacent to an activating group) is 1. The van der Waals surface area contributed by atoms with Gasteiger partial charge < -0.3 is 25.5 Å². The zero-order valence-corrected chi connectivity index (χ0v) is 25.6. The molecule has 2 aromatic rings. The van der Waals surface area contributed by atoms with Gasteiger partial charge in [0.1, 0.15) is 18.0 Å². The van der Waals surface area contributed by atoms with Crippen LogP contribution < -0.4 is 10.6 Å². The van der Waals surface area contributed by atoms with E-state index in [1.165, 1.54) is 24.3 Å². The Kier molecular flexibility index (Phi) is 11.2. The molecule has 0 radical (unpaired) electrons. The summed E-state index contributed by atoms with van der Waals surface area (Å²) in [5, 5.41) is 24.5. The molecule has 3 amide bonds. The minimum Gasteiger partial charge on any atom is -0.383 e. The van der Waals surface area contributed by atoms with Crippen LogP contribution in [0.15, 0.2) is 42.5 Å². The van der Waals surface area contributed by atoms with Crippen LogP contribution in [0.3, 0.4) is 0 Å². The van der Waals surface area contributed by atoms with Crippen molar-refractivity contribution in [2.24, 2.45) is 5.92 Å². The molecule has 1 heterocycles. The van der Waals surface area contributed by atoms with E-state index in [1.54, 1.807) is 17.9 Å². The molecule has 2 aliphatic rings. The van der Waals surface area contributed by atoms with Crippen molar-refractivity contribution in [2.75, 3.05) is 38.5 Å². The first-order valence-corrected chi connectivity index (χ1v) is 15.4. The Bertz CT molecular complexity index is 1420. The van der Waals surface area contributed by atoms with E-state index in [9.17, 15) is 19.5 Å². The highest BCUT2D eigenvalue weighted by Crippen LogP contribution is 2.32. The van der Waals surface area contributed by atoms with Crippen LogP contribution in [0.25, 0.3) is 0 Å². The first kappa shape index (κ1) is 33.9. The van der Waals surface area contributed by atoms with Crippen LogP contribution >= 0.6 is 0 Å². The zero-order valence-electron chi connectivity index (χ0n) is 25.6. The molecule has 45 heavy (non-hydrogen) atoms. The van der Waals surface area contributed by atoms with Crippen molar-refractivity contribution in [1.82, 2.24) is 15.1 Å². The third-order valence-electron chi connectivity index (χ3n) is 8.90. The minimum absolute atomic E-state index is 0.0394. The van der Waals surface area contributed by atoms with Crippen molar-refractivity contribution < 1.29 is 32.7 Å². The number of nitrogens with zero attached hydrogens (tertiary/aromatic N) is 3. The lowest BCUT2D eigenvalue weighted by Gasteiger charge is -2.34. The van der Waals surface area contributed by atoms with E-state index in [-0.39, 0.29) is 11.3 Å². The molecule has 0 spiro atoms. The Morgan fingerprint density at radius 1 is 1.02 bits per heavy atom. The van der Waals surface area contributed by atoms with Gasteiger partial charge in [-0.15, -0.1) is 0 Å². The fourth-order valence-electron chi connectivity index (χ4n) is 5.93. The standard InChI is InChI=1S/C33H40F3N5O4/c1-21(29(42)31(44)41-16-14-40(2)15-17-41)24-12-13-27(26(34)19-24)38-30(43)28(23-9-5-3-4-6-10-23)39-32(45)33(35,36)25-11-7-8-22(18-25)20-37/h7-8,11-13,18-19,21,23,28-29,42H,3-6,9-10,14-17H2,1-2H3,(H,38,43)(H,39,45)/t21-,28-,29+/m0/s1. The molecule has 12 heteroatoms. The molecular weight excluding hydrogens is 587 g/mol. The lowest BCUT2D eigenvalue weighted by Crippen LogP contribution is -2.52. The van der Waals surface area contributed by atoms with E-state index < -0.39 is 59.0 Å². The summed E-state index contributed by atoms with van der Waals surface area (Å²) in [5.74, 6) is -9.01. The van der Waals surface area contributed by atoms with Crippen molar-refractivity contribution in [3.8, 4) is 6.07 Å². The number of hydrogen-bond donors (Lipinski definition) is 3. The highest BCUT2D eigenvalue weighted by molar-refractivity contribution is 5.98. The fourth-order valence-corrected chi connectivity index (χ4v) is 5.93. The molecule has 1 saturated carbocycles. The molecule has 0 aromatic heterocycles. The second kappa shape index (κ2) is 14.9. The molecular formula is C33H40F3N5O4. The second-order valence-electron chi connectivity index (χ2n) is 12.1. The summed E-state index contributed by atoms with van der Waals surface area (Å²) in [6, 6.07) is 8.86. The summed E-state index contributed by atoms with van der Waals surface area (Å²) in [5.41, 5.74) is -0.601. The number of carbonyl (C=O) groups excluding carboxylic acids is 3. The molecule has 3 atom stereocenters. The third-order valence-corrected chi connectivity index (χ3v) is 8.90. The Balaban J connectivity index is 1.50. The van der Waals surface area contributed by atoms with Gasteiger partial charge in [-0.05, 0) is 55.6 Å². The van der Waals surface area contributed by atoms with Gasteiger partial charge >= 0.3 is 5.92 Å². The van der Waals surface area contributed by atoms with Crippen molar-refractivity contribution in [3.05, 3.63) is 65.0 Å². The highest BCUT2D eigenvalue weighted by Gasteiger charge is 2.44. The van der Waals surface area contributed by atoms with Crippen LogP contribution in [0.1, 0.15) is 68.1 Å². The predicted octanol–water partition coefficient (Wildman–Crippen LogP) is 4.12. The van der Waals surface area contributed by atoms with Crippen molar-refractivity contribution >= 4 is 23.4 Å². The molecule has 2 fully saturated rings. The van der Waals surface area contributed by atoms with E-state index in [1.807, 2.05) is 7.05 Å². The Morgan fingerprint density at radius 2 is 1.69 bits per heavy atom. The average molecular weight is 628 g/mol. The number of nitrogens with one attached hydrogen (secondary N) is 2. The van der Waals surface area contributed by atoms with Crippen LogP contribution in [0.4, 0.5) is 18.9 Å². The fraction of sp³-hybridized carbons (Fsp3) is 0.515. The SMILES string of the molecule is C[C@@H](c1ccc(NC(=O)[C@@H](NC(=O)C(F)(F)c2cccc(C#N)c2)C2CCCCCC2)c(F)c1)[C@@H](O)C(=O)N1CCN(C)CC1. The van der Waals surface area contributed by atoms with Gasteiger partial charge in [0, 0.05) is 37.7 Å². The van der Waals surface area contributed by atoms with E-state index in [0.717, 1.165) is 43.9 Å². The lowest BCUT2D eigenvalue weighted by atomic mass is 9.90. The largest absolute Gasteiger partial charge is 0.383 e. The van der Waals surface area contributed by atoms with Crippen LogP contribution in [-0.2, 0) is 20.3 Å². The van der Waals surface area contributed by atoms with E-state index in [0.29, 0.717) is 44.6 Å². The molecule has 0 unspecified atom stereocenters. The van der Waals surface area contributed by atoms with E-state index in [2.05, 4.69) is 15.5 Å².